The van der Waals surface area contributed by atoms with Crippen LogP contribution in [-0.4, -0.2) is 31.0 Å². The summed E-state index contributed by atoms with van der Waals surface area (Å²) in [6, 6.07) is 6.28. The standard InChI is InChI=1S/C16H21N3OS/c1-12-5-4-6-15(14(12)3)17-16-19(13(2)11-21-16)18-7-9-20-10-8-18/h4-6,11H,7-10H2,1-3H3. The number of hydrogen-bond acceptors (Lipinski definition) is 4. The zero-order chi connectivity index (χ0) is 14.8. The number of thiazole rings is 1. The Balaban J connectivity index is 2.06. The lowest BCUT2D eigenvalue weighted by Crippen LogP contribution is -2.48. The molecule has 5 heteroatoms. The van der Waals surface area contributed by atoms with Gasteiger partial charge < -0.3 is 9.75 Å². The zero-order valence-corrected chi connectivity index (χ0v) is 13.6. The van der Waals surface area contributed by atoms with E-state index in [4.69, 9.17) is 9.73 Å². The Morgan fingerprint density at radius 1 is 1.14 bits per heavy atom. The minimum Gasteiger partial charge on any atom is -0.378 e. The molecule has 1 fully saturated rings. The molecular weight excluding hydrogens is 282 g/mol. The Kier molecular flexibility index (Phi) is 4.12. The highest BCUT2D eigenvalue weighted by molar-refractivity contribution is 7.07. The molecule has 1 aromatic heterocycles. The van der Waals surface area contributed by atoms with Crippen molar-refractivity contribution in [2.45, 2.75) is 20.8 Å². The molecule has 2 heterocycles. The Hall–Kier alpha value is -1.59. The van der Waals surface area contributed by atoms with Crippen molar-refractivity contribution in [2.75, 3.05) is 31.3 Å². The van der Waals surface area contributed by atoms with E-state index in [2.05, 4.69) is 54.0 Å². The lowest BCUT2D eigenvalue weighted by atomic mass is 10.1. The maximum atomic E-state index is 5.45. The highest BCUT2D eigenvalue weighted by Crippen LogP contribution is 2.20. The first-order chi connectivity index (χ1) is 10.2. The summed E-state index contributed by atoms with van der Waals surface area (Å²) in [7, 11) is 0. The smallest absolute Gasteiger partial charge is 0.209 e. The summed E-state index contributed by atoms with van der Waals surface area (Å²) in [6.07, 6.45) is 0. The molecule has 3 rings (SSSR count). The number of morpholine rings is 1. The Bertz CT molecular complexity index is 696. The van der Waals surface area contributed by atoms with Gasteiger partial charge in [0.25, 0.3) is 0 Å². The predicted molar refractivity (Wildman–Crippen MR) is 87.0 cm³/mol. The van der Waals surface area contributed by atoms with Crippen molar-refractivity contribution in [3.05, 3.63) is 45.2 Å². The van der Waals surface area contributed by atoms with Crippen LogP contribution in [0.2, 0.25) is 0 Å². The summed E-state index contributed by atoms with van der Waals surface area (Å²) < 4.78 is 7.68. The highest BCUT2D eigenvalue weighted by atomic mass is 32.1. The summed E-state index contributed by atoms with van der Waals surface area (Å²) in [5, 5.41) is 4.48. The normalized spacial score (nSPS) is 16.5. The fourth-order valence-electron chi connectivity index (χ4n) is 2.52. The number of aromatic nitrogens is 1. The summed E-state index contributed by atoms with van der Waals surface area (Å²) in [5.74, 6) is 0. The zero-order valence-electron chi connectivity index (χ0n) is 12.8. The Morgan fingerprint density at radius 3 is 2.67 bits per heavy atom. The van der Waals surface area contributed by atoms with E-state index in [1.165, 1.54) is 16.8 Å². The minimum atomic E-state index is 0.783. The first kappa shape index (κ1) is 14.4. The summed E-state index contributed by atoms with van der Waals surface area (Å²) in [4.78, 5) is 5.93. The second-order valence-corrected chi connectivity index (χ2v) is 6.20. The lowest BCUT2D eigenvalue weighted by Gasteiger charge is -2.30. The maximum Gasteiger partial charge on any atom is 0.209 e. The van der Waals surface area contributed by atoms with E-state index in [-0.39, 0.29) is 0 Å². The number of ether oxygens (including phenoxy) is 1. The molecule has 2 aromatic rings. The average Bonchev–Trinajstić information content (AvgIpc) is 2.86. The van der Waals surface area contributed by atoms with Crippen LogP contribution in [0.4, 0.5) is 5.69 Å². The third-order valence-corrected chi connectivity index (χ3v) is 4.85. The highest BCUT2D eigenvalue weighted by Gasteiger charge is 2.14. The third-order valence-electron chi connectivity index (χ3n) is 3.91. The van der Waals surface area contributed by atoms with Gasteiger partial charge in [-0.05, 0) is 38.0 Å². The van der Waals surface area contributed by atoms with Crippen LogP contribution in [-0.2, 0) is 4.74 Å². The van der Waals surface area contributed by atoms with Crippen molar-refractivity contribution in [1.29, 1.82) is 0 Å². The van der Waals surface area contributed by atoms with Gasteiger partial charge in [0, 0.05) is 11.1 Å². The molecule has 0 radical (unpaired) electrons. The van der Waals surface area contributed by atoms with Crippen LogP contribution in [0.15, 0.2) is 28.6 Å². The molecule has 4 nitrogen and oxygen atoms in total. The van der Waals surface area contributed by atoms with E-state index in [1.807, 2.05) is 0 Å². The fourth-order valence-corrected chi connectivity index (χ4v) is 3.41. The van der Waals surface area contributed by atoms with E-state index >= 15 is 0 Å². The van der Waals surface area contributed by atoms with Gasteiger partial charge in [-0.15, -0.1) is 11.3 Å². The van der Waals surface area contributed by atoms with Gasteiger partial charge in [0.05, 0.1) is 32.0 Å². The summed E-state index contributed by atoms with van der Waals surface area (Å²) in [5.41, 5.74) is 4.81. The second kappa shape index (κ2) is 6.03. The van der Waals surface area contributed by atoms with Gasteiger partial charge in [-0.1, -0.05) is 12.1 Å². The van der Waals surface area contributed by atoms with Crippen molar-refractivity contribution in [3.63, 3.8) is 0 Å². The van der Waals surface area contributed by atoms with Gasteiger partial charge in [-0.2, -0.15) is 0 Å². The molecule has 112 valence electrons. The Morgan fingerprint density at radius 2 is 1.90 bits per heavy atom. The average molecular weight is 303 g/mol. The van der Waals surface area contributed by atoms with Crippen molar-refractivity contribution in [3.8, 4) is 0 Å². The van der Waals surface area contributed by atoms with Gasteiger partial charge in [0.1, 0.15) is 0 Å². The van der Waals surface area contributed by atoms with Crippen LogP contribution in [0.1, 0.15) is 16.8 Å². The van der Waals surface area contributed by atoms with Crippen LogP contribution in [0.25, 0.3) is 0 Å². The van der Waals surface area contributed by atoms with Crippen LogP contribution >= 0.6 is 11.3 Å². The second-order valence-electron chi connectivity index (χ2n) is 5.37. The number of hydrogen-bond donors (Lipinski definition) is 0. The van der Waals surface area contributed by atoms with Crippen molar-refractivity contribution in [2.24, 2.45) is 4.99 Å². The van der Waals surface area contributed by atoms with Crippen LogP contribution in [0.5, 0.6) is 0 Å². The quantitative estimate of drug-likeness (QED) is 0.854. The van der Waals surface area contributed by atoms with Crippen LogP contribution in [0.3, 0.4) is 0 Å². The Labute approximate surface area is 129 Å². The molecule has 0 N–H and O–H groups in total. The molecule has 1 saturated heterocycles. The summed E-state index contributed by atoms with van der Waals surface area (Å²) in [6.45, 7) is 9.79. The molecule has 0 aliphatic carbocycles. The molecule has 0 amide bonds. The van der Waals surface area contributed by atoms with Crippen LogP contribution in [0, 0.1) is 20.8 Å². The number of benzene rings is 1. The van der Waals surface area contributed by atoms with Crippen molar-refractivity contribution in [1.82, 2.24) is 4.68 Å². The fraction of sp³-hybridized carbons (Fsp3) is 0.438. The molecule has 1 aliphatic heterocycles. The van der Waals surface area contributed by atoms with E-state index in [9.17, 15) is 0 Å². The first-order valence-electron chi connectivity index (χ1n) is 7.28. The monoisotopic (exact) mass is 303 g/mol. The topological polar surface area (TPSA) is 29.8 Å². The molecule has 0 atom stereocenters. The number of nitrogens with zero attached hydrogens (tertiary/aromatic N) is 3. The van der Waals surface area contributed by atoms with E-state index in [0.29, 0.717) is 0 Å². The van der Waals surface area contributed by atoms with Crippen molar-refractivity contribution < 1.29 is 4.74 Å². The van der Waals surface area contributed by atoms with Gasteiger partial charge in [-0.25, -0.2) is 9.67 Å². The van der Waals surface area contributed by atoms with Gasteiger partial charge >= 0.3 is 0 Å². The number of aryl methyl sites for hydroxylation is 2. The maximum absolute atomic E-state index is 5.45. The molecule has 21 heavy (non-hydrogen) atoms. The molecule has 0 bridgehead atoms. The van der Waals surface area contributed by atoms with E-state index in [1.54, 1.807) is 11.3 Å². The predicted octanol–water partition coefficient (Wildman–Crippen LogP) is 2.68. The molecule has 1 aliphatic rings. The molecule has 1 aromatic carbocycles. The largest absolute Gasteiger partial charge is 0.378 e. The van der Waals surface area contributed by atoms with Crippen molar-refractivity contribution >= 4 is 17.0 Å². The minimum absolute atomic E-state index is 0.783. The van der Waals surface area contributed by atoms with Gasteiger partial charge in [0.2, 0.25) is 4.80 Å². The van der Waals surface area contributed by atoms with Crippen LogP contribution < -0.4 is 9.81 Å². The molecule has 0 spiro atoms. The first-order valence-corrected chi connectivity index (χ1v) is 8.16. The third kappa shape index (κ3) is 2.89. The van der Waals surface area contributed by atoms with E-state index in [0.717, 1.165) is 36.8 Å². The summed E-state index contributed by atoms with van der Waals surface area (Å²) >= 11 is 1.69. The van der Waals surface area contributed by atoms with E-state index < -0.39 is 0 Å². The lowest BCUT2D eigenvalue weighted by molar-refractivity contribution is 0.110. The SMILES string of the molecule is Cc1cccc(N=c2scc(C)n2N2CCOCC2)c1C. The van der Waals surface area contributed by atoms with Gasteiger partial charge in [0.15, 0.2) is 0 Å². The molecule has 0 saturated carbocycles. The number of rotatable bonds is 2. The molecule has 0 unspecified atom stereocenters. The molecular formula is C16H21N3OS. The van der Waals surface area contributed by atoms with Gasteiger partial charge in [-0.3, -0.25) is 0 Å².